The molecule has 1 aromatic rings. The smallest absolute Gasteiger partial charge is 0.325 e. The molecule has 1 unspecified atom stereocenters. The van der Waals surface area contributed by atoms with Gasteiger partial charge < -0.3 is 10.8 Å². The number of rotatable bonds is 2. The number of aliphatic carboxylic acids is 1. The second kappa shape index (κ2) is 3.72. The normalized spacial score (nSPS) is 12.5. The topological polar surface area (TPSA) is 76.2 Å². The number of pyridine rings is 1. The molecule has 13 heavy (non-hydrogen) atoms. The molecular formula is C8H9ClN2O2. The lowest BCUT2D eigenvalue weighted by molar-refractivity contribution is -0.138. The van der Waals surface area contributed by atoms with E-state index in [1.165, 1.54) is 12.4 Å². The molecule has 4 nitrogen and oxygen atoms in total. The molecule has 1 aromatic heterocycles. The van der Waals surface area contributed by atoms with Gasteiger partial charge in [0.25, 0.3) is 0 Å². The molecule has 3 N–H and O–H groups in total. The summed E-state index contributed by atoms with van der Waals surface area (Å²) in [6, 6.07) is -1.06. The number of hydrogen-bond acceptors (Lipinski definition) is 3. The Morgan fingerprint density at radius 1 is 1.69 bits per heavy atom. The lowest BCUT2D eigenvalue weighted by Gasteiger charge is -2.09. The molecule has 0 radical (unpaired) electrons. The van der Waals surface area contributed by atoms with Crippen molar-refractivity contribution in [2.75, 3.05) is 0 Å². The minimum absolute atomic E-state index is 0.425. The fraction of sp³-hybridized carbons (Fsp3) is 0.250. The molecule has 0 spiro atoms. The van der Waals surface area contributed by atoms with Crippen LogP contribution in [0.3, 0.4) is 0 Å². The molecule has 5 heteroatoms. The van der Waals surface area contributed by atoms with Gasteiger partial charge in [-0.15, -0.1) is 0 Å². The Kier molecular flexibility index (Phi) is 2.85. The van der Waals surface area contributed by atoms with E-state index in [1.54, 1.807) is 6.92 Å². The van der Waals surface area contributed by atoms with E-state index in [4.69, 9.17) is 22.4 Å². The molecule has 70 valence electrons. The van der Waals surface area contributed by atoms with E-state index in [9.17, 15) is 4.79 Å². The summed E-state index contributed by atoms with van der Waals surface area (Å²) in [6.45, 7) is 1.71. The summed E-state index contributed by atoms with van der Waals surface area (Å²) in [5.74, 6) is -1.09. The van der Waals surface area contributed by atoms with Crippen molar-refractivity contribution in [2.45, 2.75) is 13.0 Å². The standard InChI is InChI=1S/C8H9ClN2O2/c1-4-5(7(10)8(12)13)2-11-3-6(4)9/h2-3,7H,10H2,1H3,(H,12,13). The van der Waals surface area contributed by atoms with Gasteiger partial charge in [-0.1, -0.05) is 11.6 Å². The van der Waals surface area contributed by atoms with E-state index in [-0.39, 0.29) is 0 Å². The van der Waals surface area contributed by atoms with Gasteiger partial charge in [0.05, 0.1) is 5.02 Å². The molecule has 0 saturated carbocycles. The quantitative estimate of drug-likeness (QED) is 0.750. The number of aromatic nitrogens is 1. The zero-order valence-electron chi connectivity index (χ0n) is 6.99. The fourth-order valence-corrected chi connectivity index (χ4v) is 1.13. The zero-order valence-corrected chi connectivity index (χ0v) is 7.75. The van der Waals surface area contributed by atoms with E-state index >= 15 is 0 Å². The molecule has 1 heterocycles. The summed E-state index contributed by atoms with van der Waals surface area (Å²) in [5, 5.41) is 9.08. The third-order valence-corrected chi connectivity index (χ3v) is 2.17. The van der Waals surface area contributed by atoms with Crippen molar-refractivity contribution in [1.29, 1.82) is 0 Å². The van der Waals surface area contributed by atoms with Crippen LogP contribution in [0.1, 0.15) is 17.2 Å². The summed E-state index contributed by atoms with van der Waals surface area (Å²) < 4.78 is 0. The Labute approximate surface area is 80.3 Å². The third kappa shape index (κ3) is 1.96. The summed E-state index contributed by atoms with van der Waals surface area (Å²) in [6.07, 6.45) is 2.87. The highest BCUT2D eigenvalue weighted by Crippen LogP contribution is 2.21. The maximum atomic E-state index is 10.6. The van der Waals surface area contributed by atoms with Gasteiger partial charge in [-0.05, 0) is 12.5 Å². The number of carboxylic acid groups (broad SMARTS) is 1. The van der Waals surface area contributed by atoms with Crippen molar-refractivity contribution in [3.05, 3.63) is 28.5 Å². The summed E-state index contributed by atoms with van der Waals surface area (Å²) in [5.41, 5.74) is 6.51. The minimum atomic E-state index is -1.09. The van der Waals surface area contributed by atoms with Crippen LogP contribution in [0.5, 0.6) is 0 Å². The van der Waals surface area contributed by atoms with Gasteiger partial charge in [-0.2, -0.15) is 0 Å². The van der Waals surface area contributed by atoms with E-state index < -0.39 is 12.0 Å². The molecule has 0 saturated heterocycles. The van der Waals surface area contributed by atoms with Crippen LogP contribution in [-0.4, -0.2) is 16.1 Å². The average Bonchev–Trinajstić information content (AvgIpc) is 2.08. The van der Waals surface area contributed by atoms with E-state index in [0.717, 1.165) is 0 Å². The Bertz CT molecular complexity index is 341. The van der Waals surface area contributed by atoms with E-state index in [2.05, 4.69) is 4.98 Å². The molecule has 0 aliphatic heterocycles. The Balaban J connectivity index is 3.15. The van der Waals surface area contributed by atoms with Crippen LogP contribution in [0.2, 0.25) is 5.02 Å². The van der Waals surface area contributed by atoms with Crippen molar-refractivity contribution >= 4 is 17.6 Å². The Morgan fingerprint density at radius 2 is 2.31 bits per heavy atom. The monoisotopic (exact) mass is 200 g/mol. The summed E-state index contributed by atoms with van der Waals surface area (Å²) in [7, 11) is 0. The molecule has 0 aliphatic carbocycles. The molecule has 0 fully saturated rings. The van der Waals surface area contributed by atoms with Crippen molar-refractivity contribution in [1.82, 2.24) is 4.98 Å². The van der Waals surface area contributed by atoms with E-state index in [0.29, 0.717) is 16.1 Å². The molecule has 0 aliphatic rings. The second-order valence-corrected chi connectivity index (χ2v) is 3.06. The third-order valence-electron chi connectivity index (χ3n) is 1.79. The highest BCUT2D eigenvalue weighted by molar-refractivity contribution is 6.31. The average molecular weight is 201 g/mol. The van der Waals surface area contributed by atoms with Crippen LogP contribution in [0.4, 0.5) is 0 Å². The van der Waals surface area contributed by atoms with Crippen LogP contribution < -0.4 is 5.73 Å². The highest BCUT2D eigenvalue weighted by atomic mass is 35.5. The molecule has 1 atom stereocenters. The first kappa shape index (κ1) is 9.95. The Morgan fingerprint density at radius 3 is 2.85 bits per heavy atom. The first-order valence-electron chi connectivity index (χ1n) is 3.62. The van der Waals surface area contributed by atoms with Gasteiger partial charge in [-0.3, -0.25) is 9.78 Å². The number of nitrogens with two attached hydrogens (primary N) is 1. The van der Waals surface area contributed by atoms with Crippen molar-refractivity contribution < 1.29 is 9.90 Å². The maximum Gasteiger partial charge on any atom is 0.325 e. The molecule has 0 bridgehead atoms. The summed E-state index contributed by atoms with van der Waals surface area (Å²) >= 11 is 5.75. The van der Waals surface area contributed by atoms with Gasteiger partial charge in [0.2, 0.25) is 0 Å². The lowest BCUT2D eigenvalue weighted by atomic mass is 10.1. The van der Waals surface area contributed by atoms with Crippen LogP contribution in [0.15, 0.2) is 12.4 Å². The molecular weight excluding hydrogens is 192 g/mol. The van der Waals surface area contributed by atoms with Crippen LogP contribution in [0, 0.1) is 6.92 Å². The maximum absolute atomic E-state index is 10.6. The SMILES string of the molecule is Cc1c(Cl)cncc1C(N)C(=O)O. The molecule has 0 aromatic carbocycles. The number of hydrogen-bond donors (Lipinski definition) is 2. The summed E-state index contributed by atoms with van der Waals surface area (Å²) in [4.78, 5) is 14.3. The molecule has 0 amide bonds. The lowest BCUT2D eigenvalue weighted by Crippen LogP contribution is -2.21. The number of halogens is 1. The number of carbonyl (C=O) groups is 1. The predicted molar refractivity (Wildman–Crippen MR) is 48.5 cm³/mol. The fourth-order valence-electron chi connectivity index (χ4n) is 0.961. The number of carboxylic acids is 1. The van der Waals surface area contributed by atoms with E-state index in [1.807, 2.05) is 0 Å². The van der Waals surface area contributed by atoms with Crippen LogP contribution >= 0.6 is 11.6 Å². The largest absolute Gasteiger partial charge is 0.480 e. The van der Waals surface area contributed by atoms with Crippen molar-refractivity contribution in [2.24, 2.45) is 5.73 Å². The molecule has 1 rings (SSSR count). The van der Waals surface area contributed by atoms with Gasteiger partial charge >= 0.3 is 5.97 Å². The minimum Gasteiger partial charge on any atom is -0.480 e. The van der Waals surface area contributed by atoms with Crippen molar-refractivity contribution in [3.8, 4) is 0 Å². The highest BCUT2D eigenvalue weighted by Gasteiger charge is 2.17. The van der Waals surface area contributed by atoms with Gasteiger partial charge in [0, 0.05) is 18.0 Å². The predicted octanol–water partition coefficient (Wildman–Crippen LogP) is 1.13. The van der Waals surface area contributed by atoms with Crippen LogP contribution in [-0.2, 0) is 4.79 Å². The van der Waals surface area contributed by atoms with Gasteiger partial charge in [0.1, 0.15) is 6.04 Å². The van der Waals surface area contributed by atoms with Gasteiger partial charge in [0.15, 0.2) is 0 Å². The Hall–Kier alpha value is -1.13. The number of nitrogens with zero attached hydrogens (tertiary/aromatic N) is 1. The van der Waals surface area contributed by atoms with Crippen molar-refractivity contribution in [3.63, 3.8) is 0 Å². The first-order chi connectivity index (χ1) is 6.04. The van der Waals surface area contributed by atoms with Crippen LogP contribution in [0.25, 0.3) is 0 Å². The van der Waals surface area contributed by atoms with Gasteiger partial charge in [-0.25, -0.2) is 0 Å². The first-order valence-corrected chi connectivity index (χ1v) is 4.00. The second-order valence-electron chi connectivity index (χ2n) is 2.65. The zero-order chi connectivity index (χ0) is 10.0.